The number of hydrogen-bond acceptors (Lipinski definition) is 6. The Balaban J connectivity index is 2.97. The van der Waals surface area contributed by atoms with Gasteiger partial charge in [0, 0.05) is 31.0 Å². The lowest BCUT2D eigenvalue weighted by atomic mass is 10.1. The molecule has 0 aliphatic heterocycles. The second-order valence-electron chi connectivity index (χ2n) is 6.17. The van der Waals surface area contributed by atoms with Crippen LogP contribution in [0.2, 0.25) is 0 Å². The van der Waals surface area contributed by atoms with Crippen LogP contribution in [0.3, 0.4) is 0 Å². The number of guanidine groups is 1. The zero-order valence-electron chi connectivity index (χ0n) is 17.0. The summed E-state index contributed by atoms with van der Waals surface area (Å²) in [4.78, 5) is 4.58. The molecule has 0 fully saturated rings. The number of sulfone groups is 1. The normalized spacial score (nSPS) is 13.0. The van der Waals surface area contributed by atoms with E-state index in [4.69, 9.17) is 14.2 Å². The Kier molecular flexibility index (Phi) is 9.20. The Morgan fingerprint density at radius 1 is 1.15 bits per heavy atom. The van der Waals surface area contributed by atoms with E-state index >= 15 is 0 Å². The van der Waals surface area contributed by atoms with Crippen molar-refractivity contribution < 1.29 is 22.6 Å². The van der Waals surface area contributed by atoms with Crippen LogP contribution in [0.25, 0.3) is 0 Å². The highest BCUT2D eigenvalue weighted by molar-refractivity contribution is 7.90. The first-order valence-electron chi connectivity index (χ1n) is 8.75. The van der Waals surface area contributed by atoms with Gasteiger partial charge in [0.1, 0.15) is 27.1 Å². The van der Waals surface area contributed by atoms with Crippen molar-refractivity contribution in [2.45, 2.75) is 32.9 Å². The van der Waals surface area contributed by atoms with Crippen LogP contribution in [-0.2, 0) is 16.4 Å². The van der Waals surface area contributed by atoms with Gasteiger partial charge >= 0.3 is 0 Å². The van der Waals surface area contributed by atoms with Crippen LogP contribution in [0.1, 0.15) is 25.8 Å². The molecule has 0 aliphatic carbocycles. The van der Waals surface area contributed by atoms with Crippen LogP contribution in [0.15, 0.2) is 17.1 Å². The minimum atomic E-state index is -2.99. The molecule has 0 amide bonds. The highest BCUT2D eigenvalue weighted by Gasteiger charge is 2.14. The van der Waals surface area contributed by atoms with Gasteiger partial charge < -0.3 is 24.8 Å². The number of ether oxygens (including phenoxy) is 3. The topological polar surface area (TPSA) is 98.2 Å². The molecular formula is C18H31N3O5S. The van der Waals surface area contributed by atoms with Gasteiger partial charge in [0.15, 0.2) is 5.96 Å². The molecule has 0 saturated heterocycles. The van der Waals surface area contributed by atoms with Crippen LogP contribution < -0.4 is 24.8 Å². The monoisotopic (exact) mass is 401 g/mol. The lowest BCUT2D eigenvalue weighted by Crippen LogP contribution is -2.42. The number of methoxy groups -OCH3 is 3. The van der Waals surface area contributed by atoms with Gasteiger partial charge in [-0.15, -0.1) is 0 Å². The molecule has 1 atom stereocenters. The number of nitrogens with zero attached hydrogens (tertiary/aromatic N) is 1. The average molecular weight is 402 g/mol. The molecule has 0 radical (unpaired) electrons. The zero-order valence-corrected chi connectivity index (χ0v) is 17.8. The van der Waals surface area contributed by atoms with Crippen molar-refractivity contribution in [3.05, 3.63) is 17.7 Å². The summed E-state index contributed by atoms with van der Waals surface area (Å²) in [5.41, 5.74) is 0.793. The van der Waals surface area contributed by atoms with Crippen LogP contribution in [0, 0.1) is 0 Å². The molecule has 8 nitrogen and oxygen atoms in total. The average Bonchev–Trinajstić information content (AvgIpc) is 2.63. The highest BCUT2D eigenvalue weighted by atomic mass is 32.2. The minimum absolute atomic E-state index is 0.0443. The molecule has 0 spiro atoms. The molecule has 0 heterocycles. The maximum atomic E-state index is 11.3. The van der Waals surface area contributed by atoms with Gasteiger partial charge in [0.05, 0.1) is 39.2 Å². The van der Waals surface area contributed by atoms with E-state index in [1.54, 1.807) is 33.5 Å². The van der Waals surface area contributed by atoms with E-state index < -0.39 is 9.84 Å². The van der Waals surface area contributed by atoms with E-state index in [1.165, 1.54) is 6.26 Å². The lowest BCUT2D eigenvalue weighted by Gasteiger charge is -2.18. The Hall–Kier alpha value is -2.16. The lowest BCUT2D eigenvalue weighted by molar-refractivity contribution is 0.369. The van der Waals surface area contributed by atoms with E-state index in [0.717, 1.165) is 5.56 Å². The number of nitrogens with one attached hydrogen (secondary N) is 2. The Morgan fingerprint density at radius 3 is 2.19 bits per heavy atom. The van der Waals surface area contributed by atoms with Gasteiger partial charge in [0.2, 0.25) is 0 Å². The van der Waals surface area contributed by atoms with Crippen molar-refractivity contribution in [2.24, 2.45) is 4.99 Å². The molecule has 0 aliphatic rings. The summed E-state index contributed by atoms with van der Waals surface area (Å²) in [5, 5.41) is 6.39. The molecule has 9 heteroatoms. The summed E-state index contributed by atoms with van der Waals surface area (Å²) in [7, 11) is 1.75. The Labute approximate surface area is 162 Å². The smallest absolute Gasteiger partial charge is 0.191 e. The number of benzene rings is 1. The molecule has 1 aromatic carbocycles. The molecule has 154 valence electrons. The van der Waals surface area contributed by atoms with Crippen molar-refractivity contribution in [1.82, 2.24) is 10.6 Å². The summed E-state index contributed by atoms with van der Waals surface area (Å²) in [6.45, 7) is 4.89. The third kappa shape index (κ3) is 7.94. The van der Waals surface area contributed by atoms with E-state index in [0.29, 0.717) is 42.7 Å². The number of hydrogen-bond donors (Lipinski definition) is 2. The maximum absolute atomic E-state index is 11.3. The molecule has 1 rings (SSSR count). The van der Waals surface area contributed by atoms with Crippen LogP contribution in [-0.4, -0.2) is 60.3 Å². The zero-order chi connectivity index (χ0) is 20.4. The van der Waals surface area contributed by atoms with Gasteiger partial charge in [-0.1, -0.05) is 0 Å². The Morgan fingerprint density at radius 2 is 1.74 bits per heavy atom. The summed E-state index contributed by atoms with van der Waals surface area (Å²) < 4.78 is 38.8. The van der Waals surface area contributed by atoms with E-state index in [1.807, 2.05) is 13.8 Å². The molecule has 1 unspecified atom stereocenters. The van der Waals surface area contributed by atoms with Crippen LogP contribution in [0.4, 0.5) is 0 Å². The summed E-state index contributed by atoms with van der Waals surface area (Å²) in [6, 6.07) is 3.52. The Bertz CT molecular complexity index is 710. The van der Waals surface area contributed by atoms with Crippen molar-refractivity contribution in [1.29, 1.82) is 0 Å². The van der Waals surface area contributed by atoms with Gasteiger partial charge in [-0.05, 0) is 20.3 Å². The highest BCUT2D eigenvalue weighted by Crippen LogP contribution is 2.34. The predicted octanol–water partition coefficient (Wildman–Crippen LogP) is 1.59. The largest absolute Gasteiger partial charge is 0.496 e. The first-order chi connectivity index (χ1) is 12.7. The van der Waals surface area contributed by atoms with Crippen LogP contribution in [0.5, 0.6) is 17.2 Å². The van der Waals surface area contributed by atoms with Gasteiger partial charge in [-0.3, -0.25) is 0 Å². The second-order valence-corrected chi connectivity index (χ2v) is 8.43. The standard InChI is InChI=1S/C18H31N3O5S/c1-7-19-18(21-13(2)8-9-27(6,22)23)20-12-15-16(25-4)10-14(24-3)11-17(15)26-5/h10-11,13H,7-9,12H2,1-6H3,(H2,19,20,21). The molecule has 2 N–H and O–H groups in total. The SMILES string of the molecule is CCNC(=NCc1c(OC)cc(OC)cc1OC)NC(C)CCS(C)(=O)=O. The van der Waals surface area contributed by atoms with Gasteiger partial charge in [-0.2, -0.15) is 0 Å². The second kappa shape index (κ2) is 10.9. The third-order valence-corrected chi connectivity index (χ3v) is 4.84. The summed E-state index contributed by atoms with van der Waals surface area (Å²) in [5.74, 6) is 2.60. The fraction of sp³-hybridized carbons (Fsp3) is 0.611. The summed E-state index contributed by atoms with van der Waals surface area (Å²) >= 11 is 0. The van der Waals surface area contributed by atoms with E-state index in [-0.39, 0.29) is 11.8 Å². The van der Waals surface area contributed by atoms with Crippen LogP contribution >= 0.6 is 0 Å². The number of rotatable bonds is 10. The molecule has 1 aromatic rings. The molecule has 0 bridgehead atoms. The minimum Gasteiger partial charge on any atom is -0.496 e. The first kappa shape index (κ1) is 22.9. The molecule has 27 heavy (non-hydrogen) atoms. The fourth-order valence-corrected chi connectivity index (χ4v) is 3.19. The van der Waals surface area contributed by atoms with Gasteiger partial charge in [-0.25, -0.2) is 13.4 Å². The number of aliphatic imine (C=N–C) groups is 1. The summed E-state index contributed by atoms with van der Waals surface area (Å²) in [6.07, 6.45) is 1.74. The van der Waals surface area contributed by atoms with E-state index in [9.17, 15) is 8.42 Å². The fourth-order valence-electron chi connectivity index (χ4n) is 2.41. The maximum Gasteiger partial charge on any atom is 0.191 e. The molecule has 0 aromatic heterocycles. The predicted molar refractivity (Wildman–Crippen MR) is 108 cm³/mol. The molecule has 0 saturated carbocycles. The van der Waals surface area contributed by atoms with Gasteiger partial charge in [0.25, 0.3) is 0 Å². The third-order valence-electron chi connectivity index (χ3n) is 3.86. The van der Waals surface area contributed by atoms with Crippen molar-refractivity contribution in [3.8, 4) is 17.2 Å². The van der Waals surface area contributed by atoms with E-state index in [2.05, 4.69) is 15.6 Å². The molecular weight excluding hydrogens is 370 g/mol. The van der Waals surface area contributed by atoms with Crippen molar-refractivity contribution in [2.75, 3.05) is 39.9 Å². The van der Waals surface area contributed by atoms with Crippen molar-refractivity contribution >= 4 is 15.8 Å². The van der Waals surface area contributed by atoms with Crippen molar-refractivity contribution in [3.63, 3.8) is 0 Å². The quantitative estimate of drug-likeness (QED) is 0.454. The first-order valence-corrected chi connectivity index (χ1v) is 10.8.